The second-order valence-electron chi connectivity index (χ2n) is 5.53. The van der Waals surface area contributed by atoms with Crippen LogP contribution in [-0.4, -0.2) is 22.7 Å². The Morgan fingerprint density at radius 3 is 2.68 bits per heavy atom. The van der Waals surface area contributed by atoms with Crippen LogP contribution in [0.1, 0.15) is 22.3 Å². The molecule has 1 heterocycles. The molecule has 1 aromatic heterocycles. The lowest BCUT2D eigenvalue weighted by atomic mass is 10.1. The number of aromatic nitrogens is 1. The Labute approximate surface area is 155 Å². The average molecular weight is 396 g/mol. The Balaban J connectivity index is 1.72. The number of ketones is 1. The Bertz CT molecular complexity index is 883. The molecule has 0 fully saturated rings. The number of carbonyl (C=O) groups excluding carboxylic acids is 1. The lowest BCUT2D eigenvalue weighted by molar-refractivity contribution is 0.104. The van der Waals surface area contributed by atoms with Crippen molar-refractivity contribution in [2.75, 3.05) is 11.9 Å². The molecule has 0 saturated heterocycles. The first kappa shape index (κ1) is 17.4. The minimum absolute atomic E-state index is 0.0344. The van der Waals surface area contributed by atoms with Crippen LogP contribution >= 0.6 is 15.9 Å². The van der Waals surface area contributed by atoms with Crippen molar-refractivity contribution in [1.82, 2.24) is 4.98 Å². The highest BCUT2D eigenvalue weighted by Crippen LogP contribution is 2.18. The SMILES string of the molecule is O=C(/C=C/c1ccnc2ccccc12)c1ccc(OCCCBr)cc1. The molecule has 3 nitrogen and oxygen atoms in total. The predicted octanol–water partition coefficient (Wildman–Crippen LogP) is 5.29. The molecule has 0 radical (unpaired) electrons. The molecular weight excluding hydrogens is 378 g/mol. The second-order valence-corrected chi connectivity index (χ2v) is 6.32. The van der Waals surface area contributed by atoms with Gasteiger partial charge in [-0.15, -0.1) is 0 Å². The molecule has 4 heteroatoms. The molecule has 0 amide bonds. The van der Waals surface area contributed by atoms with Crippen molar-refractivity contribution in [3.63, 3.8) is 0 Å². The normalized spacial score (nSPS) is 11.1. The van der Waals surface area contributed by atoms with Gasteiger partial charge < -0.3 is 4.74 Å². The monoisotopic (exact) mass is 395 g/mol. The van der Waals surface area contributed by atoms with Crippen LogP contribution in [0.5, 0.6) is 5.75 Å². The van der Waals surface area contributed by atoms with E-state index in [0.717, 1.165) is 34.0 Å². The van der Waals surface area contributed by atoms with Crippen molar-refractivity contribution in [2.24, 2.45) is 0 Å². The Morgan fingerprint density at radius 1 is 1.08 bits per heavy atom. The summed E-state index contributed by atoms with van der Waals surface area (Å²) >= 11 is 3.37. The van der Waals surface area contributed by atoms with Gasteiger partial charge in [0.1, 0.15) is 5.75 Å². The Kier molecular flexibility index (Phi) is 5.96. The van der Waals surface area contributed by atoms with Crippen molar-refractivity contribution in [3.05, 3.63) is 78.0 Å². The zero-order chi connectivity index (χ0) is 17.5. The number of para-hydroxylation sites is 1. The summed E-state index contributed by atoms with van der Waals surface area (Å²) in [6.45, 7) is 0.660. The fourth-order valence-electron chi connectivity index (χ4n) is 2.49. The van der Waals surface area contributed by atoms with Gasteiger partial charge in [-0.05, 0) is 54.5 Å². The number of carbonyl (C=O) groups is 1. The highest BCUT2D eigenvalue weighted by molar-refractivity contribution is 9.09. The van der Waals surface area contributed by atoms with Crippen molar-refractivity contribution in [3.8, 4) is 5.75 Å². The van der Waals surface area contributed by atoms with E-state index in [2.05, 4.69) is 20.9 Å². The van der Waals surface area contributed by atoms with Crippen LogP contribution in [0.15, 0.2) is 66.9 Å². The number of fused-ring (bicyclic) bond motifs is 1. The molecule has 0 aliphatic carbocycles. The van der Waals surface area contributed by atoms with Crippen LogP contribution in [0.4, 0.5) is 0 Å². The van der Waals surface area contributed by atoms with E-state index in [1.165, 1.54) is 0 Å². The number of alkyl halides is 1. The highest BCUT2D eigenvalue weighted by atomic mass is 79.9. The fraction of sp³-hybridized carbons (Fsp3) is 0.143. The lowest BCUT2D eigenvalue weighted by Gasteiger charge is -2.05. The highest BCUT2D eigenvalue weighted by Gasteiger charge is 2.03. The molecule has 0 bridgehead atoms. The fourth-order valence-corrected chi connectivity index (χ4v) is 2.71. The van der Waals surface area contributed by atoms with E-state index in [1.807, 2.05) is 48.5 Å². The van der Waals surface area contributed by atoms with E-state index in [0.29, 0.717) is 12.2 Å². The second kappa shape index (κ2) is 8.58. The molecule has 0 unspecified atom stereocenters. The number of pyridine rings is 1. The summed E-state index contributed by atoms with van der Waals surface area (Å²) in [6, 6.07) is 17.0. The largest absolute Gasteiger partial charge is 0.494 e. The van der Waals surface area contributed by atoms with Crippen molar-refractivity contribution < 1.29 is 9.53 Å². The molecule has 0 aliphatic rings. The van der Waals surface area contributed by atoms with Gasteiger partial charge in [-0.1, -0.05) is 40.2 Å². The van der Waals surface area contributed by atoms with Crippen LogP contribution in [-0.2, 0) is 0 Å². The zero-order valence-corrected chi connectivity index (χ0v) is 15.3. The van der Waals surface area contributed by atoms with E-state index in [4.69, 9.17) is 4.74 Å². The molecule has 2 aromatic carbocycles. The third-order valence-electron chi connectivity index (χ3n) is 3.78. The summed E-state index contributed by atoms with van der Waals surface area (Å²) in [5, 5.41) is 1.95. The number of ether oxygens (including phenoxy) is 1. The smallest absolute Gasteiger partial charge is 0.185 e. The van der Waals surface area contributed by atoms with E-state index in [9.17, 15) is 4.79 Å². The van der Waals surface area contributed by atoms with Crippen LogP contribution in [0.25, 0.3) is 17.0 Å². The summed E-state index contributed by atoms with van der Waals surface area (Å²) in [7, 11) is 0. The summed E-state index contributed by atoms with van der Waals surface area (Å²) < 4.78 is 5.59. The molecular formula is C21H18BrNO2. The molecule has 0 aliphatic heterocycles. The van der Waals surface area contributed by atoms with Gasteiger partial charge in [0, 0.05) is 22.5 Å². The molecule has 3 rings (SSSR count). The molecule has 3 aromatic rings. The minimum Gasteiger partial charge on any atom is -0.494 e. The average Bonchev–Trinajstić information content (AvgIpc) is 2.67. The van der Waals surface area contributed by atoms with Crippen molar-refractivity contribution in [1.29, 1.82) is 0 Å². The molecule has 126 valence electrons. The Hall–Kier alpha value is -2.46. The number of hydrogen-bond acceptors (Lipinski definition) is 3. The van der Waals surface area contributed by atoms with Crippen molar-refractivity contribution >= 4 is 38.7 Å². The van der Waals surface area contributed by atoms with E-state index in [1.54, 1.807) is 24.4 Å². The summed E-state index contributed by atoms with van der Waals surface area (Å²) in [5.41, 5.74) is 2.54. The van der Waals surface area contributed by atoms with Gasteiger partial charge in [-0.25, -0.2) is 0 Å². The van der Waals surface area contributed by atoms with Crippen LogP contribution < -0.4 is 4.74 Å². The number of benzene rings is 2. The maximum atomic E-state index is 12.4. The van der Waals surface area contributed by atoms with Gasteiger partial charge in [-0.3, -0.25) is 9.78 Å². The predicted molar refractivity (Wildman–Crippen MR) is 105 cm³/mol. The van der Waals surface area contributed by atoms with Crippen LogP contribution in [0, 0.1) is 0 Å². The van der Waals surface area contributed by atoms with Gasteiger partial charge in [0.15, 0.2) is 5.78 Å². The number of nitrogens with zero attached hydrogens (tertiary/aromatic N) is 1. The maximum Gasteiger partial charge on any atom is 0.185 e. The first-order valence-corrected chi connectivity index (χ1v) is 9.25. The zero-order valence-electron chi connectivity index (χ0n) is 13.7. The summed E-state index contributed by atoms with van der Waals surface area (Å²) in [6.07, 6.45) is 6.14. The molecule has 0 N–H and O–H groups in total. The van der Waals surface area contributed by atoms with Gasteiger partial charge in [0.05, 0.1) is 12.1 Å². The third-order valence-corrected chi connectivity index (χ3v) is 4.34. The van der Waals surface area contributed by atoms with Crippen LogP contribution in [0.2, 0.25) is 0 Å². The minimum atomic E-state index is -0.0344. The Morgan fingerprint density at radius 2 is 1.88 bits per heavy atom. The van der Waals surface area contributed by atoms with E-state index in [-0.39, 0.29) is 5.78 Å². The first-order valence-electron chi connectivity index (χ1n) is 8.13. The van der Waals surface area contributed by atoms with Crippen molar-refractivity contribution in [2.45, 2.75) is 6.42 Å². The topological polar surface area (TPSA) is 39.2 Å². The summed E-state index contributed by atoms with van der Waals surface area (Å²) in [5.74, 6) is 0.745. The number of rotatable bonds is 7. The first-order chi connectivity index (χ1) is 12.3. The molecule has 0 saturated carbocycles. The maximum absolute atomic E-state index is 12.4. The van der Waals surface area contributed by atoms with Gasteiger partial charge >= 0.3 is 0 Å². The number of halogens is 1. The summed E-state index contributed by atoms with van der Waals surface area (Å²) in [4.78, 5) is 16.7. The van der Waals surface area contributed by atoms with Gasteiger partial charge in [0.2, 0.25) is 0 Å². The van der Waals surface area contributed by atoms with Gasteiger partial charge in [0.25, 0.3) is 0 Å². The van der Waals surface area contributed by atoms with E-state index >= 15 is 0 Å². The van der Waals surface area contributed by atoms with Gasteiger partial charge in [-0.2, -0.15) is 0 Å². The number of hydrogen-bond donors (Lipinski definition) is 0. The quantitative estimate of drug-likeness (QED) is 0.236. The molecule has 0 atom stereocenters. The lowest BCUT2D eigenvalue weighted by Crippen LogP contribution is -1.99. The molecule has 25 heavy (non-hydrogen) atoms. The molecule has 0 spiro atoms. The number of allylic oxidation sites excluding steroid dienone is 1. The standard InChI is InChI=1S/C21H18BrNO2/c22-13-3-15-25-18-9-6-17(7-10-18)21(24)11-8-16-12-14-23-20-5-2-1-4-19(16)20/h1-2,4-12,14H,3,13,15H2/b11-8+. The van der Waals surface area contributed by atoms with Crippen LogP contribution in [0.3, 0.4) is 0 Å². The third kappa shape index (κ3) is 4.54. The van der Waals surface area contributed by atoms with E-state index < -0.39 is 0 Å².